The molecular weight excluding hydrogens is 336 g/mol. The number of rotatable bonds is 2. The lowest BCUT2D eigenvalue weighted by atomic mass is 9.81. The third kappa shape index (κ3) is 2.49. The zero-order valence-electron chi connectivity index (χ0n) is 15.4. The Labute approximate surface area is 158 Å². The van der Waals surface area contributed by atoms with Crippen LogP contribution in [0.5, 0.6) is 0 Å². The molecule has 1 unspecified atom stereocenters. The van der Waals surface area contributed by atoms with Gasteiger partial charge in [-0.05, 0) is 48.6 Å². The van der Waals surface area contributed by atoms with Gasteiger partial charge in [-0.15, -0.1) is 0 Å². The lowest BCUT2D eigenvalue weighted by molar-refractivity contribution is 0.0783. The number of hydrogen-bond acceptors (Lipinski definition) is 4. The number of likely N-dealkylation sites (tertiary alicyclic amines) is 1. The van der Waals surface area contributed by atoms with Crippen molar-refractivity contribution in [1.82, 2.24) is 14.9 Å². The second kappa shape index (κ2) is 6.05. The van der Waals surface area contributed by atoms with Gasteiger partial charge >= 0.3 is 0 Å². The fourth-order valence-corrected chi connectivity index (χ4v) is 4.81. The Morgan fingerprint density at radius 3 is 2.93 bits per heavy atom. The molecule has 2 aromatic carbocycles. The first-order valence-corrected chi connectivity index (χ1v) is 9.50. The summed E-state index contributed by atoms with van der Waals surface area (Å²) in [5, 5.41) is 4.00. The molecule has 5 rings (SSSR count). The molecule has 27 heavy (non-hydrogen) atoms. The predicted molar refractivity (Wildman–Crippen MR) is 106 cm³/mol. The summed E-state index contributed by atoms with van der Waals surface area (Å²) in [6.07, 6.45) is 4.85. The van der Waals surface area contributed by atoms with Crippen LogP contribution in [0.1, 0.15) is 34.3 Å². The van der Waals surface area contributed by atoms with Gasteiger partial charge in [-0.25, -0.2) is 9.97 Å². The van der Waals surface area contributed by atoms with Crippen molar-refractivity contribution in [1.29, 1.82) is 0 Å². The molecule has 1 atom stereocenters. The van der Waals surface area contributed by atoms with E-state index in [1.165, 1.54) is 17.5 Å². The molecule has 1 spiro atoms. The molecule has 3 aromatic rings. The van der Waals surface area contributed by atoms with E-state index in [-0.39, 0.29) is 11.3 Å². The number of nitrogens with one attached hydrogen (secondary N) is 1. The van der Waals surface area contributed by atoms with Gasteiger partial charge in [0.15, 0.2) is 0 Å². The van der Waals surface area contributed by atoms with Gasteiger partial charge in [0.2, 0.25) is 0 Å². The number of carbonyl (C=O) groups is 1. The lowest BCUT2D eigenvalue weighted by Crippen LogP contribution is -2.33. The van der Waals surface area contributed by atoms with Crippen molar-refractivity contribution in [2.75, 3.05) is 25.5 Å². The van der Waals surface area contributed by atoms with Crippen LogP contribution in [0.4, 0.5) is 5.82 Å². The first kappa shape index (κ1) is 16.2. The maximum absolute atomic E-state index is 13.2. The summed E-state index contributed by atoms with van der Waals surface area (Å²) in [5.41, 5.74) is 4.54. The van der Waals surface area contributed by atoms with Crippen LogP contribution in [-0.2, 0) is 11.8 Å². The van der Waals surface area contributed by atoms with Crippen molar-refractivity contribution < 1.29 is 4.79 Å². The Morgan fingerprint density at radius 1 is 1.15 bits per heavy atom. The number of nitrogens with zero attached hydrogens (tertiary/aromatic N) is 3. The highest BCUT2D eigenvalue weighted by atomic mass is 16.2. The zero-order valence-corrected chi connectivity index (χ0v) is 15.4. The summed E-state index contributed by atoms with van der Waals surface area (Å²) in [7, 11) is 1.84. The number of carbonyl (C=O) groups excluding carboxylic acids is 1. The summed E-state index contributed by atoms with van der Waals surface area (Å²) < 4.78 is 0. The van der Waals surface area contributed by atoms with Crippen LogP contribution < -0.4 is 5.32 Å². The highest BCUT2D eigenvalue weighted by Crippen LogP contribution is 2.45. The normalized spacial score (nSPS) is 21.0. The van der Waals surface area contributed by atoms with Crippen LogP contribution >= 0.6 is 0 Å². The Balaban J connectivity index is 1.43. The minimum Gasteiger partial charge on any atom is -0.373 e. The second-order valence-electron chi connectivity index (χ2n) is 7.62. The Hall–Kier alpha value is -2.95. The molecule has 2 heterocycles. The fraction of sp³-hybridized carbons (Fsp3) is 0.318. The summed E-state index contributed by atoms with van der Waals surface area (Å²) in [4.78, 5) is 23.7. The quantitative estimate of drug-likeness (QED) is 0.763. The van der Waals surface area contributed by atoms with Crippen molar-refractivity contribution in [3.8, 4) is 0 Å². The molecule has 136 valence electrons. The smallest absolute Gasteiger partial charge is 0.253 e. The number of benzene rings is 2. The number of aryl methyl sites for hydroxylation is 1. The first-order valence-electron chi connectivity index (χ1n) is 9.50. The second-order valence-corrected chi connectivity index (χ2v) is 7.62. The van der Waals surface area contributed by atoms with Crippen LogP contribution in [0.3, 0.4) is 0 Å². The molecule has 0 bridgehead atoms. The van der Waals surface area contributed by atoms with Crippen LogP contribution in [0.15, 0.2) is 48.8 Å². The Kier molecular flexibility index (Phi) is 3.64. The average molecular weight is 358 g/mol. The van der Waals surface area contributed by atoms with Crippen molar-refractivity contribution in [2.45, 2.75) is 24.7 Å². The van der Waals surface area contributed by atoms with Crippen LogP contribution in [0.25, 0.3) is 10.9 Å². The predicted octanol–water partition coefficient (Wildman–Crippen LogP) is 3.40. The Morgan fingerprint density at radius 2 is 2.04 bits per heavy atom. The minimum absolute atomic E-state index is 0.0998. The molecule has 5 heteroatoms. The number of fused-ring (bicyclic) bond motifs is 3. The summed E-state index contributed by atoms with van der Waals surface area (Å²) in [5.74, 6) is 0.879. The molecule has 1 fully saturated rings. The van der Waals surface area contributed by atoms with Crippen LogP contribution in [-0.4, -0.2) is 40.9 Å². The maximum atomic E-state index is 13.2. The van der Waals surface area contributed by atoms with Gasteiger partial charge in [0.25, 0.3) is 5.91 Å². The molecule has 1 aliphatic heterocycles. The number of aromatic nitrogens is 2. The first-order chi connectivity index (χ1) is 13.2. The summed E-state index contributed by atoms with van der Waals surface area (Å²) >= 11 is 0. The number of anilines is 1. The van der Waals surface area contributed by atoms with Gasteiger partial charge < -0.3 is 10.2 Å². The highest BCUT2D eigenvalue weighted by Gasteiger charge is 2.45. The van der Waals surface area contributed by atoms with E-state index in [0.29, 0.717) is 5.56 Å². The van der Waals surface area contributed by atoms with Gasteiger partial charge in [-0.1, -0.05) is 24.3 Å². The van der Waals surface area contributed by atoms with E-state index in [0.717, 1.165) is 49.1 Å². The van der Waals surface area contributed by atoms with Crippen molar-refractivity contribution in [3.05, 3.63) is 65.5 Å². The molecule has 0 saturated carbocycles. The third-order valence-electron chi connectivity index (χ3n) is 6.22. The van der Waals surface area contributed by atoms with E-state index in [1.807, 2.05) is 30.1 Å². The molecule has 1 aliphatic carbocycles. The van der Waals surface area contributed by atoms with E-state index in [4.69, 9.17) is 0 Å². The fourth-order valence-electron chi connectivity index (χ4n) is 4.81. The van der Waals surface area contributed by atoms with Crippen molar-refractivity contribution in [2.24, 2.45) is 0 Å². The Bertz CT molecular complexity index is 1050. The van der Waals surface area contributed by atoms with E-state index in [9.17, 15) is 4.79 Å². The van der Waals surface area contributed by atoms with E-state index in [1.54, 1.807) is 0 Å². The topological polar surface area (TPSA) is 58.1 Å². The molecule has 1 N–H and O–H groups in total. The number of hydrogen-bond donors (Lipinski definition) is 1. The lowest BCUT2D eigenvalue weighted by Gasteiger charge is -2.25. The van der Waals surface area contributed by atoms with Crippen molar-refractivity contribution >= 4 is 22.6 Å². The standard InChI is InChI=1S/C22H22N4O/c1-23-20-17-7-6-16(12-19(17)24-14-25-20)21(27)26-11-10-22(13-26)9-8-15-4-2-3-5-18(15)22/h2-7,12,14H,8-11,13H2,1H3,(H,23,24,25). The van der Waals surface area contributed by atoms with Crippen LogP contribution in [0, 0.1) is 0 Å². The summed E-state index contributed by atoms with van der Waals surface area (Å²) in [6.45, 7) is 1.63. The van der Waals surface area contributed by atoms with E-state index in [2.05, 4.69) is 39.6 Å². The van der Waals surface area contributed by atoms with Gasteiger partial charge in [0, 0.05) is 36.5 Å². The van der Waals surface area contributed by atoms with Crippen LogP contribution in [0.2, 0.25) is 0 Å². The molecule has 1 amide bonds. The van der Waals surface area contributed by atoms with E-state index >= 15 is 0 Å². The number of amides is 1. The largest absolute Gasteiger partial charge is 0.373 e. The molecule has 5 nitrogen and oxygen atoms in total. The molecule has 2 aliphatic rings. The SMILES string of the molecule is CNc1ncnc2cc(C(=O)N3CCC4(CCc5ccccc54)C3)ccc12. The van der Waals surface area contributed by atoms with Gasteiger partial charge in [0.05, 0.1) is 5.52 Å². The zero-order chi connectivity index (χ0) is 18.4. The summed E-state index contributed by atoms with van der Waals surface area (Å²) in [6, 6.07) is 14.4. The molecular formula is C22H22N4O. The van der Waals surface area contributed by atoms with Gasteiger partial charge in [0.1, 0.15) is 12.1 Å². The minimum atomic E-state index is 0.0998. The van der Waals surface area contributed by atoms with Crippen molar-refractivity contribution in [3.63, 3.8) is 0 Å². The molecule has 1 aromatic heterocycles. The maximum Gasteiger partial charge on any atom is 0.253 e. The molecule has 0 radical (unpaired) electrons. The third-order valence-corrected chi connectivity index (χ3v) is 6.22. The monoisotopic (exact) mass is 358 g/mol. The van der Waals surface area contributed by atoms with E-state index < -0.39 is 0 Å². The average Bonchev–Trinajstić information content (AvgIpc) is 3.32. The highest BCUT2D eigenvalue weighted by molar-refractivity contribution is 5.99. The van der Waals surface area contributed by atoms with Gasteiger partial charge in [-0.2, -0.15) is 0 Å². The van der Waals surface area contributed by atoms with Gasteiger partial charge in [-0.3, -0.25) is 4.79 Å². The molecule has 1 saturated heterocycles.